The number of nitrogens with zero attached hydrogens (tertiary/aromatic N) is 1. The number of hydrogen-bond acceptors (Lipinski definition) is 3. The molecule has 0 spiro atoms. The molecule has 0 fully saturated rings. The Hall–Kier alpha value is -0.970. The SMILES string of the molecule is COCC(CNC(C)C)N(C)Cc1ccccc1F. The van der Waals surface area contributed by atoms with Crippen molar-refractivity contribution in [1.82, 2.24) is 10.2 Å². The van der Waals surface area contributed by atoms with Gasteiger partial charge in [-0.3, -0.25) is 4.90 Å². The lowest BCUT2D eigenvalue weighted by molar-refractivity contribution is 0.0995. The zero-order valence-electron chi connectivity index (χ0n) is 12.3. The molecule has 1 unspecified atom stereocenters. The summed E-state index contributed by atoms with van der Waals surface area (Å²) in [6.45, 7) is 6.27. The van der Waals surface area contributed by atoms with Gasteiger partial charge in [-0.2, -0.15) is 0 Å². The molecule has 0 bridgehead atoms. The van der Waals surface area contributed by atoms with Crippen molar-refractivity contribution >= 4 is 0 Å². The number of ether oxygens (including phenoxy) is 1. The van der Waals surface area contributed by atoms with Crippen LogP contribution in [-0.2, 0) is 11.3 Å². The highest BCUT2D eigenvalue weighted by atomic mass is 19.1. The second-order valence-corrected chi connectivity index (χ2v) is 5.18. The highest BCUT2D eigenvalue weighted by Gasteiger charge is 2.16. The zero-order valence-corrected chi connectivity index (χ0v) is 12.3. The van der Waals surface area contributed by atoms with Gasteiger partial charge in [-0.25, -0.2) is 4.39 Å². The minimum Gasteiger partial charge on any atom is -0.383 e. The number of likely N-dealkylation sites (N-methyl/N-ethyl adjacent to an activating group) is 1. The van der Waals surface area contributed by atoms with E-state index in [1.807, 2.05) is 19.2 Å². The minimum atomic E-state index is -0.151. The number of rotatable bonds is 8. The normalized spacial score (nSPS) is 13.2. The first-order chi connectivity index (χ1) is 9.04. The van der Waals surface area contributed by atoms with E-state index < -0.39 is 0 Å². The van der Waals surface area contributed by atoms with E-state index in [0.717, 1.165) is 12.1 Å². The molecule has 1 aromatic carbocycles. The van der Waals surface area contributed by atoms with Crippen LogP contribution in [0.25, 0.3) is 0 Å². The highest BCUT2D eigenvalue weighted by molar-refractivity contribution is 5.17. The topological polar surface area (TPSA) is 24.5 Å². The Morgan fingerprint density at radius 2 is 2.00 bits per heavy atom. The van der Waals surface area contributed by atoms with Crippen molar-refractivity contribution in [2.24, 2.45) is 0 Å². The van der Waals surface area contributed by atoms with E-state index in [1.54, 1.807) is 13.2 Å². The molecule has 1 atom stereocenters. The lowest BCUT2D eigenvalue weighted by Crippen LogP contribution is -2.44. The summed E-state index contributed by atoms with van der Waals surface area (Å²) >= 11 is 0. The smallest absolute Gasteiger partial charge is 0.127 e. The lowest BCUT2D eigenvalue weighted by atomic mass is 10.1. The number of hydrogen-bond donors (Lipinski definition) is 1. The standard InChI is InChI=1S/C15H25FN2O/c1-12(2)17-9-14(11-19-4)18(3)10-13-7-5-6-8-15(13)16/h5-8,12,14,17H,9-11H2,1-4H3. The second kappa shape index (κ2) is 8.25. The number of halogens is 1. The Balaban J connectivity index is 2.60. The predicted molar refractivity (Wildman–Crippen MR) is 76.7 cm³/mol. The molecule has 1 rings (SSSR count). The molecule has 0 saturated carbocycles. The van der Waals surface area contributed by atoms with Crippen LogP contribution in [0.3, 0.4) is 0 Å². The fourth-order valence-electron chi connectivity index (χ4n) is 1.93. The Morgan fingerprint density at radius 1 is 1.32 bits per heavy atom. The largest absolute Gasteiger partial charge is 0.383 e. The van der Waals surface area contributed by atoms with Crippen LogP contribution in [0.4, 0.5) is 4.39 Å². The maximum atomic E-state index is 13.6. The Labute approximate surface area is 115 Å². The van der Waals surface area contributed by atoms with Gasteiger partial charge >= 0.3 is 0 Å². The molecular weight excluding hydrogens is 243 g/mol. The van der Waals surface area contributed by atoms with Crippen molar-refractivity contribution in [2.45, 2.75) is 32.5 Å². The third-order valence-electron chi connectivity index (χ3n) is 3.12. The van der Waals surface area contributed by atoms with E-state index in [9.17, 15) is 4.39 Å². The molecule has 0 saturated heterocycles. The molecule has 108 valence electrons. The molecule has 0 aliphatic heterocycles. The molecular formula is C15H25FN2O. The van der Waals surface area contributed by atoms with Crippen molar-refractivity contribution in [3.63, 3.8) is 0 Å². The van der Waals surface area contributed by atoms with Gasteiger partial charge in [-0.15, -0.1) is 0 Å². The highest BCUT2D eigenvalue weighted by Crippen LogP contribution is 2.11. The van der Waals surface area contributed by atoms with Crippen LogP contribution in [0.2, 0.25) is 0 Å². The van der Waals surface area contributed by atoms with Crippen LogP contribution in [0, 0.1) is 5.82 Å². The number of methoxy groups -OCH3 is 1. The third kappa shape index (κ3) is 5.68. The van der Waals surface area contributed by atoms with Gasteiger partial charge in [0.05, 0.1) is 6.61 Å². The Kier molecular flexibility index (Phi) is 6.99. The van der Waals surface area contributed by atoms with Crippen LogP contribution < -0.4 is 5.32 Å². The molecule has 19 heavy (non-hydrogen) atoms. The molecule has 0 aromatic heterocycles. The molecule has 1 aromatic rings. The first-order valence-electron chi connectivity index (χ1n) is 6.70. The molecule has 4 heteroatoms. The number of nitrogens with one attached hydrogen (secondary N) is 1. The molecule has 0 heterocycles. The summed E-state index contributed by atoms with van der Waals surface area (Å²) in [5.74, 6) is -0.151. The first kappa shape index (κ1) is 16.1. The number of benzene rings is 1. The molecule has 1 N–H and O–H groups in total. The summed E-state index contributed by atoms with van der Waals surface area (Å²) in [4.78, 5) is 2.12. The van der Waals surface area contributed by atoms with Gasteiger partial charge in [0.1, 0.15) is 5.82 Å². The lowest BCUT2D eigenvalue weighted by Gasteiger charge is -2.28. The average Bonchev–Trinajstić information content (AvgIpc) is 2.37. The fourth-order valence-corrected chi connectivity index (χ4v) is 1.93. The predicted octanol–water partition coefficient (Wildman–Crippen LogP) is 2.27. The summed E-state index contributed by atoms with van der Waals surface area (Å²) in [6.07, 6.45) is 0. The molecule has 0 aliphatic rings. The third-order valence-corrected chi connectivity index (χ3v) is 3.12. The van der Waals surface area contributed by atoms with Gasteiger partial charge in [-0.1, -0.05) is 32.0 Å². The van der Waals surface area contributed by atoms with Crippen LogP contribution in [-0.4, -0.2) is 44.3 Å². The second-order valence-electron chi connectivity index (χ2n) is 5.18. The van der Waals surface area contributed by atoms with Gasteiger partial charge in [0.25, 0.3) is 0 Å². The van der Waals surface area contributed by atoms with Crippen LogP contribution in [0.5, 0.6) is 0 Å². The monoisotopic (exact) mass is 268 g/mol. The summed E-state index contributed by atoms with van der Waals surface area (Å²) in [5, 5.41) is 3.40. The van der Waals surface area contributed by atoms with E-state index in [4.69, 9.17) is 4.74 Å². The molecule has 0 amide bonds. The fraction of sp³-hybridized carbons (Fsp3) is 0.600. The van der Waals surface area contributed by atoms with Crippen molar-refractivity contribution < 1.29 is 9.13 Å². The first-order valence-corrected chi connectivity index (χ1v) is 6.70. The van der Waals surface area contributed by atoms with Crippen molar-refractivity contribution in [3.05, 3.63) is 35.6 Å². The van der Waals surface area contributed by atoms with Gasteiger partial charge in [0.2, 0.25) is 0 Å². The maximum Gasteiger partial charge on any atom is 0.127 e. The van der Waals surface area contributed by atoms with E-state index in [2.05, 4.69) is 24.1 Å². The summed E-state index contributed by atoms with van der Waals surface area (Å²) in [7, 11) is 3.69. The van der Waals surface area contributed by atoms with Gasteiger partial charge in [0, 0.05) is 37.8 Å². The Morgan fingerprint density at radius 3 is 2.58 bits per heavy atom. The van der Waals surface area contributed by atoms with Gasteiger partial charge in [-0.05, 0) is 13.1 Å². The van der Waals surface area contributed by atoms with E-state index in [-0.39, 0.29) is 11.9 Å². The van der Waals surface area contributed by atoms with Crippen molar-refractivity contribution in [2.75, 3.05) is 27.3 Å². The van der Waals surface area contributed by atoms with Crippen LogP contribution in [0.15, 0.2) is 24.3 Å². The quantitative estimate of drug-likeness (QED) is 0.783. The molecule has 3 nitrogen and oxygen atoms in total. The minimum absolute atomic E-state index is 0.151. The maximum absolute atomic E-state index is 13.6. The van der Waals surface area contributed by atoms with Crippen LogP contribution >= 0.6 is 0 Å². The summed E-state index contributed by atoms with van der Waals surface area (Å²) < 4.78 is 18.9. The molecule has 0 aliphatic carbocycles. The van der Waals surface area contributed by atoms with Crippen molar-refractivity contribution in [3.8, 4) is 0 Å². The Bertz CT molecular complexity index is 371. The van der Waals surface area contributed by atoms with E-state index in [1.165, 1.54) is 6.07 Å². The molecule has 0 radical (unpaired) electrons. The van der Waals surface area contributed by atoms with E-state index in [0.29, 0.717) is 19.2 Å². The van der Waals surface area contributed by atoms with Gasteiger partial charge < -0.3 is 10.1 Å². The van der Waals surface area contributed by atoms with Crippen LogP contribution in [0.1, 0.15) is 19.4 Å². The van der Waals surface area contributed by atoms with Crippen molar-refractivity contribution in [1.29, 1.82) is 0 Å². The summed E-state index contributed by atoms with van der Waals surface area (Å²) in [6, 6.07) is 7.57. The van der Waals surface area contributed by atoms with Gasteiger partial charge in [0.15, 0.2) is 0 Å². The van der Waals surface area contributed by atoms with E-state index >= 15 is 0 Å². The summed E-state index contributed by atoms with van der Waals surface area (Å²) in [5.41, 5.74) is 0.718. The average molecular weight is 268 g/mol. The zero-order chi connectivity index (χ0) is 14.3.